The van der Waals surface area contributed by atoms with Crippen molar-refractivity contribution in [3.8, 4) is 0 Å². The smallest absolute Gasteiger partial charge is 0.188 e. The topological polar surface area (TPSA) is 137 Å². The van der Waals surface area contributed by atoms with Crippen molar-refractivity contribution in [3.63, 3.8) is 0 Å². The number of aliphatic hydroxyl groups excluding tert-OH is 2. The summed E-state index contributed by atoms with van der Waals surface area (Å²) in [6.45, 7) is 11.6. The number of aliphatic imine (C=N–C) groups is 1. The van der Waals surface area contributed by atoms with E-state index in [1.165, 1.54) is 61.6 Å². The summed E-state index contributed by atoms with van der Waals surface area (Å²) >= 11 is 0. The molecule has 5 saturated carbocycles. The lowest BCUT2D eigenvalue weighted by Gasteiger charge is -2.58. The summed E-state index contributed by atoms with van der Waals surface area (Å²) in [5.74, 6) is 4.25. The lowest BCUT2D eigenvalue weighted by Crippen LogP contribution is -2.51. The van der Waals surface area contributed by atoms with E-state index in [-0.39, 0.29) is 35.1 Å². The Balaban J connectivity index is 0.836. The van der Waals surface area contributed by atoms with Crippen molar-refractivity contribution in [2.24, 2.45) is 57.1 Å². The largest absolute Gasteiger partial charge is 0.471 e. The normalized spacial score (nSPS) is 38.8. The molecular formula is C54H77N3O5. The number of fused-ring (bicyclic) bond motifs is 4. The molecule has 13 atom stereocenters. The van der Waals surface area contributed by atoms with Crippen molar-refractivity contribution in [1.29, 1.82) is 0 Å². The summed E-state index contributed by atoms with van der Waals surface area (Å²) in [4.78, 5) is 5.00. The molecule has 2 aromatic carbocycles. The molecule has 8 heteroatoms. The molecule has 0 unspecified atom stereocenters. The van der Waals surface area contributed by atoms with Gasteiger partial charge in [-0.3, -0.25) is 4.99 Å². The number of nitrogens with two attached hydrogens (primary N) is 1. The first-order valence-corrected chi connectivity index (χ1v) is 24.8. The van der Waals surface area contributed by atoms with Crippen molar-refractivity contribution in [2.75, 3.05) is 19.7 Å². The SMILES string of the molecule is C=C1C[C@@]2(CC[C@H](CC[C@@]3(O)CCC[C@H](O)C3)C2)[C@@H]2O[C@]2(C)CC[C@@H]2[C@@H]1C[C@]2(C)[C@@H]1C[C@@H](CCCO)[C@H](CNC(N)=NC[C@H](CCc2ccccc2)c2cccc3cocc23)C1. The van der Waals surface area contributed by atoms with Crippen LogP contribution in [0.1, 0.15) is 146 Å². The van der Waals surface area contributed by atoms with Crippen molar-refractivity contribution in [3.05, 3.63) is 84.3 Å². The fraction of sp³-hybridized carbons (Fsp3) is 0.685. The molecule has 338 valence electrons. The van der Waals surface area contributed by atoms with E-state index >= 15 is 0 Å². The molecule has 3 aromatic rings. The highest BCUT2D eigenvalue weighted by molar-refractivity contribution is 5.85. The fourth-order valence-corrected chi connectivity index (χ4v) is 14.6. The van der Waals surface area contributed by atoms with E-state index in [0.29, 0.717) is 60.5 Å². The van der Waals surface area contributed by atoms with Crippen LogP contribution < -0.4 is 11.1 Å². The summed E-state index contributed by atoms with van der Waals surface area (Å²) in [5.41, 5.74) is 10.5. The number of allylic oxidation sites excluding steroid dienone is 1. The summed E-state index contributed by atoms with van der Waals surface area (Å²) in [6.07, 6.45) is 23.2. The number of nitrogens with one attached hydrogen (secondary N) is 1. The Bertz CT molecular complexity index is 2030. The molecule has 6 fully saturated rings. The molecule has 5 aliphatic carbocycles. The lowest BCUT2D eigenvalue weighted by atomic mass is 9.46. The Morgan fingerprint density at radius 2 is 1.81 bits per heavy atom. The van der Waals surface area contributed by atoms with Gasteiger partial charge in [0.2, 0.25) is 0 Å². The van der Waals surface area contributed by atoms with Crippen LogP contribution in [0.2, 0.25) is 0 Å². The third-order valence-corrected chi connectivity index (χ3v) is 18.2. The fourth-order valence-electron chi connectivity index (χ4n) is 14.6. The molecule has 6 N–H and O–H groups in total. The number of hydrogen-bond acceptors (Lipinski definition) is 6. The number of rotatable bonds is 15. The maximum Gasteiger partial charge on any atom is 0.188 e. The van der Waals surface area contributed by atoms with Crippen LogP contribution in [0.4, 0.5) is 0 Å². The second kappa shape index (κ2) is 18.0. The highest BCUT2D eigenvalue weighted by Crippen LogP contribution is 2.69. The number of furan rings is 1. The molecule has 1 aromatic heterocycles. The van der Waals surface area contributed by atoms with Crippen LogP contribution in [0, 0.1) is 46.3 Å². The first kappa shape index (κ1) is 44.1. The van der Waals surface area contributed by atoms with Gasteiger partial charge in [-0.15, -0.1) is 0 Å². The Labute approximate surface area is 371 Å². The summed E-state index contributed by atoms with van der Waals surface area (Å²) in [6, 6.07) is 17.1. The van der Waals surface area contributed by atoms with Gasteiger partial charge in [0.25, 0.3) is 0 Å². The third kappa shape index (κ3) is 9.06. The van der Waals surface area contributed by atoms with Gasteiger partial charge in [-0.25, -0.2) is 0 Å². The van der Waals surface area contributed by atoms with Crippen LogP contribution in [0.15, 0.2) is 82.6 Å². The molecular weight excluding hydrogens is 771 g/mol. The standard InChI is InChI=1S/C54H77N3O5/c1-36-28-53(23-18-38(29-53)19-24-54(60)21-8-14-44(59)30-54)49-52(3,62-49)22-20-48-46(36)31-51(48,2)43-26-39(13-9-25-58)42(27-43)33-57-50(55)56-32-40(17-16-37-10-5-4-6-11-37)45-15-7-12-41-34-61-35-47(41)45/h4-7,10-12,15,34-35,38-40,42-44,46,48-49,58-60H,1,8-9,13-14,16-33H2,2-3H3,(H3,55,56,57)/t38-,39-,40+,42+,43-,44+,46-,48-,49-,51-,52-,53-,54+/m1/s1. The van der Waals surface area contributed by atoms with E-state index in [1.807, 2.05) is 12.5 Å². The number of nitrogens with zero attached hydrogens (tertiary/aromatic N) is 1. The van der Waals surface area contributed by atoms with Crippen LogP contribution in [0.3, 0.4) is 0 Å². The highest BCUT2D eigenvalue weighted by atomic mass is 16.6. The summed E-state index contributed by atoms with van der Waals surface area (Å²) in [5, 5.41) is 37.4. The number of hydrogen-bond donors (Lipinski definition) is 5. The van der Waals surface area contributed by atoms with Gasteiger partial charge in [0.1, 0.15) is 0 Å². The maximum atomic E-state index is 11.3. The van der Waals surface area contributed by atoms with E-state index in [4.69, 9.17) is 26.5 Å². The average Bonchev–Trinajstić information content (AvgIpc) is 3.65. The Morgan fingerprint density at radius 1 is 0.968 bits per heavy atom. The Kier molecular flexibility index (Phi) is 12.8. The molecule has 2 heterocycles. The minimum Gasteiger partial charge on any atom is -0.471 e. The number of aryl methyl sites for hydroxylation is 1. The van der Waals surface area contributed by atoms with Crippen molar-refractivity contribution < 1.29 is 24.5 Å². The minimum absolute atomic E-state index is 0.0412. The van der Waals surface area contributed by atoms with E-state index in [0.717, 1.165) is 87.9 Å². The molecule has 62 heavy (non-hydrogen) atoms. The number of ether oxygens (including phenoxy) is 1. The van der Waals surface area contributed by atoms with Crippen molar-refractivity contribution in [1.82, 2.24) is 5.32 Å². The third-order valence-electron chi connectivity index (χ3n) is 18.2. The molecule has 0 amide bonds. The van der Waals surface area contributed by atoms with Gasteiger partial charge >= 0.3 is 0 Å². The lowest BCUT2D eigenvalue weighted by molar-refractivity contribution is -0.0702. The summed E-state index contributed by atoms with van der Waals surface area (Å²) in [7, 11) is 0. The number of epoxide rings is 1. The predicted molar refractivity (Wildman–Crippen MR) is 249 cm³/mol. The van der Waals surface area contributed by atoms with Crippen LogP contribution in [0.5, 0.6) is 0 Å². The quantitative estimate of drug-likeness (QED) is 0.0445. The molecule has 8 nitrogen and oxygen atoms in total. The van der Waals surface area contributed by atoms with Crippen LogP contribution >= 0.6 is 0 Å². The van der Waals surface area contributed by atoms with Crippen molar-refractivity contribution in [2.45, 2.75) is 165 Å². The minimum atomic E-state index is -0.695. The van der Waals surface area contributed by atoms with E-state index in [2.05, 4.69) is 67.7 Å². The Morgan fingerprint density at radius 3 is 2.63 bits per heavy atom. The van der Waals surface area contributed by atoms with Crippen LogP contribution in [-0.4, -0.2) is 64.4 Å². The first-order chi connectivity index (χ1) is 29.9. The molecule has 1 saturated heterocycles. The molecule has 9 rings (SSSR count). The number of guanidine groups is 1. The second-order valence-corrected chi connectivity index (χ2v) is 22.2. The van der Waals surface area contributed by atoms with Gasteiger partial charge < -0.3 is 35.5 Å². The van der Waals surface area contributed by atoms with Gasteiger partial charge in [-0.05, 0) is 175 Å². The van der Waals surface area contributed by atoms with Crippen molar-refractivity contribution >= 4 is 16.7 Å². The molecule has 0 bridgehead atoms. The molecule has 0 radical (unpaired) electrons. The molecule has 1 aliphatic heterocycles. The van der Waals surface area contributed by atoms with Gasteiger partial charge in [-0.2, -0.15) is 0 Å². The summed E-state index contributed by atoms with van der Waals surface area (Å²) < 4.78 is 12.4. The zero-order valence-corrected chi connectivity index (χ0v) is 37.9. The molecule has 6 aliphatic rings. The van der Waals surface area contributed by atoms with Crippen LogP contribution in [0.25, 0.3) is 10.8 Å². The zero-order chi connectivity index (χ0) is 43.1. The Hall–Kier alpha value is -3.17. The monoisotopic (exact) mass is 848 g/mol. The van der Waals surface area contributed by atoms with Gasteiger partial charge in [0, 0.05) is 48.2 Å². The van der Waals surface area contributed by atoms with E-state index in [9.17, 15) is 15.3 Å². The maximum absolute atomic E-state index is 11.3. The van der Waals surface area contributed by atoms with E-state index < -0.39 is 5.60 Å². The first-order valence-electron chi connectivity index (χ1n) is 24.8. The van der Waals surface area contributed by atoms with Gasteiger partial charge in [-0.1, -0.05) is 67.6 Å². The van der Waals surface area contributed by atoms with Crippen LogP contribution in [-0.2, 0) is 11.2 Å². The van der Waals surface area contributed by atoms with Gasteiger partial charge in [0.15, 0.2) is 5.96 Å². The number of aliphatic hydroxyl groups is 3. The zero-order valence-electron chi connectivity index (χ0n) is 37.9. The highest BCUT2D eigenvalue weighted by Gasteiger charge is 2.67. The predicted octanol–water partition coefficient (Wildman–Crippen LogP) is 10.2. The number of benzene rings is 2. The van der Waals surface area contributed by atoms with Gasteiger partial charge in [0.05, 0.1) is 35.9 Å². The average molecular weight is 848 g/mol. The second-order valence-electron chi connectivity index (χ2n) is 22.2. The van der Waals surface area contributed by atoms with E-state index in [1.54, 1.807) is 0 Å². The molecule has 1 spiro atoms.